The quantitative estimate of drug-likeness (QED) is 0.776. The SMILES string of the molecule is CN(CC(=O)O)C[C@@H]1CN(C(=O)c2cc(Oc3ccccc3)ccn2)CCO1. The van der Waals surface area contributed by atoms with Crippen molar-refractivity contribution in [2.45, 2.75) is 6.10 Å². The summed E-state index contributed by atoms with van der Waals surface area (Å²) >= 11 is 0. The van der Waals surface area contributed by atoms with Crippen LogP contribution in [0.1, 0.15) is 10.5 Å². The summed E-state index contributed by atoms with van der Waals surface area (Å²) in [6.07, 6.45) is 1.30. The predicted molar refractivity (Wildman–Crippen MR) is 102 cm³/mol. The van der Waals surface area contributed by atoms with Crippen LogP contribution in [0.15, 0.2) is 48.7 Å². The molecular formula is C20H23N3O5. The van der Waals surface area contributed by atoms with E-state index in [0.29, 0.717) is 43.4 Å². The molecule has 0 radical (unpaired) electrons. The first-order valence-corrected chi connectivity index (χ1v) is 9.01. The van der Waals surface area contributed by atoms with Gasteiger partial charge in [0, 0.05) is 31.9 Å². The van der Waals surface area contributed by atoms with Crippen molar-refractivity contribution in [3.8, 4) is 11.5 Å². The van der Waals surface area contributed by atoms with E-state index in [4.69, 9.17) is 14.6 Å². The highest BCUT2D eigenvalue weighted by atomic mass is 16.5. The fraction of sp³-hybridized carbons (Fsp3) is 0.350. The van der Waals surface area contributed by atoms with Crippen molar-refractivity contribution in [2.24, 2.45) is 0 Å². The summed E-state index contributed by atoms with van der Waals surface area (Å²) in [7, 11) is 1.71. The Morgan fingerprint density at radius 1 is 1.29 bits per heavy atom. The number of benzene rings is 1. The molecule has 0 saturated carbocycles. The topological polar surface area (TPSA) is 92.2 Å². The molecular weight excluding hydrogens is 362 g/mol. The van der Waals surface area contributed by atoms with Crippen LogP contribution in [0, 0.1) is 0 Å². The van der Waals surface area contributed by atoms with Gasteiger partial charge in [0.05, 0.1) is 19.3 Å². The van der Waals surface area contributed by atoms with Crippen LogP contribution in [0.4, 0.5) is 0 Å². The number of para-hydroxylation sites is 1. The molecule has 2 aromatic rings. The number of rotatable bonds is 7. The average Bonchev–Trinajstić information content (AvgIpc) is 2.68. The summed E-state index contributed by atoms with van der Waals surface area (Å²) in [5.41, 5.74) is 0.299. The molecule has 0 aliphatic carbocycles. The normalized spacial score (nSPS) is 16.8. The van der Waals surface area contributed by atoms with E-state index in [-0.39, 0.29) is 18.6 Å². The van der Waals surface area contributed by atoms with Crippen LogP contribution in [0.3, 0.4) is 0 Å². The average molecular weight is 385 g/mol. The molecule has 1 aliphatic rings. The van der Waals surface area contributed by atoms with Gasteiger partial charge < -0.3 is 19.5 Å². The van der Waals surface area contributed by atoms with Gasteiger partial charge in [-0.15, -0.1) is 0 Å². The van der Waals surface area contributed by atoms with Crippen molar-refractivity contribution in [3.05, 3.63) is 54.4 Å². The molecule has 0 unspecified atom stereocenters. The van der Waals surface area contributed by atoms with Gasteiger partial charge in [0.25, 0.3) is 5.91 Å². The van der Waals surface area contributed by atoms with E-state index in [1.165, 1.54) is 0 Å². The molecule has 1 amide bonds. The van der Waals surface area contributed by atoms with E-state index in [1.54, 1.807) is 35.2 Å². The number of hydrogen-bond acceptors (Lipinski definition) is 6. The lowest BCUT2D eigenvalue weighted by Gasteiger charge is -2.34. The number of hydrogen-bond donors (Lipinski definition) is 1. The van der Waals surface area contributed by atoms with Crippen LogP contribution in [0.25, 0.3) is 0 Å². The van der Waals surface area contributed by atoms with Crippen molar-refractivity contribution < 1.29 is 24.2 Å². The molecule has 1 saturated heterocycles. The highest BCUT2D eigenvalue weighted by Crippen LogP contribution is 2.21. The molecule has 1 atom stereocenters. The summed E-state index contributed by atoms with van der Waals surface area (Å²) in [4.78, 5) is 31.2. The Morgan fingerprint density at radius 3 is 2.82 bits per heavy atom. The van der Waals surface area contributed by atoms with E-state index in [9.17, 15) is 9.59 Å². The van der Waals surface area contributed by atoms with Gasteiger partial charge in [-0.3, -0.25) is 19.5 Å². The van der Waals surface area contributed by atoms with Crippen LogP contribution < -0.4 is 4.74 Å². The lowest BCUT2D eigenvalue weighted by Crippen LogP contribution is -2.49. The van der Waals surface area contributed by atoms with Crippen molar-refractivity contribution in [1.29, 1.82) is 0 Å². The van der Waals surface area contributed by atoms with Crippen molar-refractivity contribution in [2.75, 3.05) is 39.8 Å². The van der Waals surface area contributed by atoms with Gasteiger partial charge in [-0.25, -0.2) is 0 Å². The Balaban J connectivity index is 1.63. The first-order valence-electron chi connectivity index (χ1n) is 9.01. The number of ether oxygens (including phenoxy) is 2. The van der Waals surface area contributed by atoms with E-state index in [2.05, 4.69) is 4.98 Å². The Labute approximate surface area is 163 Å². The summed E-state index contributed by atoms with van der Waals surface area (Å²) in [6, 6.07) is 12.6. The maximum Gasteiger partial charge on any atom is 0.317 e. The summed E-state index contributed by atoms with van der Waals surface area (Å²) < 4.78 is 11.4. The fourth-order valence-corrected chi connectivity index (χ4v) is 3.04. The van der Waals surface area contributed by atoms with E-state index >= 15 is 0 Å². The monoisotopic (exact) mass is 385 g/mol. The number of pyridine rings is 1. The number of aromatic nitrogens is 1. The number of carboxylic acid groups (broad SMARTS) is 1. The second-order valence-electron chi connectivity index (χ2n) is 6.63. The van der Waals surface area contributed by atoms with Gasteiger partial charge in [-0.05, 0) is 25.2 Å². The Kier molecular flexibility index (Phi) is 6.57. The number of amides is 1. The second kappa shape index (κ2) is 9.29. The van der Waals surface area contributed by atoms with E-state index in [1.807, 2.05) is 30.3 Å². The smallest absolute Gasteiger partial charge is 0.317 e. The predicted octanol–water partition coefficient (Wildman–Crippen LogP) is 1.73. The number of likely N-dealkylation sites (N-methyl/N-ethyl adjacent to an activating group) is 1. The lowest BCUT2D eigenvalue weighted by molar-refractivity contribution is -0.138. The minimum absolute atomic E-state index is 0.0752. The minimum Gasteiger partial charge on any atom is -0.480 e. The summed E-state index contributed by atoms with van der Waals surface area (Å²) in [5, 5.41) is 8.87. The number of morpholine rings is 1. The van der Waals surface area contributed by atoms with Crippen LogP contribution in [-0.2, 0) is 9.53 Å². The molecule has 28 heavy (non-hydrogen) atoms. The number of nitrogens with zero attached hydrogens (tertiary/aromatic N) is 3. The van der Waals surface area contributed by atoms with E-state index < -0.39 is 5.97 Å². The van der Waals surface area contributed by atoms with Crippen LogP contribution in [0.5, 0.6) is 11.5 Å². The third-order valence-electron chi connectivity index (χ3n) is 4.28. The van der Waals surface area contributed by atoms with Gasteiger partial charge >= 0.3 is 5.97 Å². The molecule has 3 rings (SSSR count). The van der Waals surface area contributed by atoms with Gasteiger partial charge in [-0.2, -0.15) is 0 Å². The van der Waals surface area contributed by atoms with E-state index in [0.717, 1.165) is 0 Å². The second-order valence-corrected chi connectivity index (χ2v) is 6.63. The fourth-order valence-electron chi connectivity index (χ4n) is 3.04. The molecule has 2 heterocycles. The first kappa shape index (κ1) is 19.8. The highest BCUT2D eigenvalue weighted by molar-refractivity contribution is 5.92. The standard InChI is InChI=1S/C20H23N3O5/c1-22(14-19(24)25)12-17-13-23(9-10-27-17)20(26)18-11-16(7-8-21-18)28-15-5-3-2-4-6-15/h2-8,11,17H,9-10,12-14H2,1H3,(H,24,25)/t17-/m1/s1. The van der Waals surface area contributed by atoms with Crippen molar-refractivity contribution >= 4 is 11.9 Å². The zero-order valence-electron chi connectivity index (χ0n) is 15.7. The van der Waals surface area contributed by atoms with Crippen LogP contribution in [0.2, 0.25) is 0 Å². The molecule has 148 valence electrons. The molecule has 8 heteroatoms. The van der Waals surface area contributed by atoms with Crippen molar-refractivity contribution in [1.82, 2.24) is 14.8 Å². The van der Waals surface area contributed by atoms with Crippen LogP contribution in [-0.4, -0.2) is 77.7 Å². The van der Waals surface area contributed by atoms with Crippen LogP contribution >= 0.6 is 0 Å². The molecule has 0 bridgehead atoms. The molecule has 1 fully saturated rings. The number of carbonyl (C=O) groups excluding carboxylic acids is 1. The van der Waals surface area contributed by atoms with Gasteiger partial charge in [-0.1, -0.05) is 18.2 Å². The maximum atomic E-state index is 12.9. The van der Waals surface area contributed by atoms with Gasteiger partial charge in [0.1, 0.15) is 17.2 Å². The van der Waals surface area contributed by atoms with Gasteiger partial charge in [0.2, 0.25) is 0 Å². The lowest BCUT2D eigenvalue weighted by atomic mass is 10.2. The molecule has 0 spiro atoms. The zero-order chi connectivity index (χ0) is 19.9. The third-order valence-corrected chi connectivity index (χ3v) is 4.28. The third kappa shape index (κ3) is 5.51. The Hall–Kier alpha value is -2.97. The Bertz CT molecular complexity index is 814. The number of aliphatic carboxylic acids is 1. The summed E-state index contributed by atoms with van der Waals surface area (Å²) in [6.45, 7) is 1.60. The minimum atomic E-state index is -0.898. The van der Waals surface area contributed by atoms with Gasteiger partial charge in [0.15, 0.2) is 0 Å². The molecule has 1 N–H and O–H groups in total. The molecule has 1 aromatic heterocycles. The van der Waals surface area contributed by atoms with Crippen molar-refractivity contribution in [3.63, 3.8) is 0 Å². The largest absolute Gasteiger partial charge is 0.480 e. The summed E-state index contributed by atoms with van der Waals surface area (Å²) in [5.74, 6) is 0.119. The molecule has 1 aliphatic heterocycles. The molecule has 1 aromatic carbocycles. The number of carbonyl (C=O) groups is 2. The highest BCUT2D eigenvalue weighted by Gasteiger charge is 2.27. The number of carboxylic acids is 1. The molecule has 8 nitrogen and oxygen atoms in total. The maximum absolute atomic E-state index is 12.9. The zero-order valence-corrected chi connectivity index (χ0v) is 15.7. The Morgan fingerprint density at radius 2 is 2.07 bits per heavy atom. The first-order chi connectivity index (χ1) is 13.5.